The van der Waals surface area contributed by atoms with Crippen LogP contribution in [0.4, 0.5) is 0 Å². The Morgan fingerprint density at radius 2 is 1.74 bits per heavy atom. The second-order valence-corrected chi connectivity index (χ2v) is 4.98. The van der Waals surface area contributed by atoms with Crippen molar-refractivity contribution < 1.29 is 14.3 Å². The zero-order chi connectivity index (χ0) is 13.7. The predicted molar refractivity (Wildman–Crippen MR) is 72.9 cm³/mol. The lowest BCUT2D eigenvalue weighted by Crippen LogP contribution is -2.34. The number of hydrogen-bond acceptors (Lipinski definition) is 3. The zero-order valence-electron chi connectivity index (χ0n) is 11.3. The van der Waals surface area contributed by atoms with E-state index in [0.717, 1.165) is 25.7 Å². The van der Waals surface area contributed by atoms with Crippen molar-refractivity contribution in [2.45, 2.75) is 32.6 Å². The smallest absolute Gasteiger partial charge is 0.309 e. The van der Waals surface area contributed by atoms with Crippen LogP contribution in [0.1, 0.15) is 43.0 Å². The first-order chi connectivity index (χ1) is 9.24. The average Bonchev–Trinajstić information content (AvgIpc) is 2.47. The molecule has 1 fully saturated rings. The average molecular weight is 260 g/mol. The fraction of sp³-hybridized carbons (Fsp3) is 0.500. The second kappa shape index (κ2) is 6.50. The molecule has 0 amide bonds. The predicted octanol–water partition coefficient (Wildman–Crippen LogP) is 3.24. The number of carbonyl (C=O) groups is 2. The van der Waals surface area contributed by atoms with E-state index in [1.54, 1.807) is 6.92 Å². The van der Waals surface area contributed by atoms with E-state index in [1.165, 1.54) is 0 Å². The maximum atomic E-state index is 12.5. The van der Waals surface area contributed by atoms with Crippen LogP contribution in [0, 0.1) is 11.8 Å². The molecule has 0 saturated heterocycles. The van der Waals surface area contributed by atoms with Crippen LogP contribution in [0.25, 0.3) is 0 Å². The number of hydrogen-bond donors (Lipinski definition) is 0. The van der Waals surface area contributed by atoms with E-state index in [4.69, 9.17) is 4.74 Å². The summed E-state index contributed by atoms with van der Waals surface area (Å²) in [5.41, 5.74) is 0.698. The number of benzene rings is 1. The molecule has 3 heteroatoms. The first-order valence-electron chi connectivity index (χ1n) is 7.00. The zero-order valence-corrected chi connectivity index (χ0v) is 11.3. The van der Waals surface area contributed by atoms with Crippen LogP contribution in [0.2, 0.25) is 0 Å². The molecule has 2 rings (SSSR count). The van der Waals surface area contributed by atoms with Crippen molar-refractivity contribution in [3.8, 4) is 0 Å². The van der Waals surface area contributed by atoms with Crippen molar-refractivity contribution in [2.24, 2.45) is 11.8 Å². The van der Waals surface area contributed by atoms with Gasteiger partial charge in [0.15, 0.2) is 5.78 Å². The number of esters is 1. The van der Waals surface area contributed by atoms with Gasteiger partial charge in [-0.1, -0.05) is 43.2 Å². The highest BCUT2D eigenvalue weighted by molar-refractivity contribution is 6.00. The second-order valence-electron chi connectivity index (χ2n) is 4.98. The van der Waals surface area contributed by atoms with Crippen molar-refractivity contribution in [1.29, 1.82) is 0 Å². The Labute approximate surface area is 114 Å². The quantitative estimate of drug-likeness (QED) is 0.616. The number of Topliss-reactive ketones (excluding diaryl/α,β-unsaturated/α-hetero) is 1. The van der Waals surface area contributed by atoms with Gasteiger partial charge in [0, 0.05) is 11.5 Å². The monoisotopic (exact) mass is 260 g/mol. The Bertz CT molecular complexity index is 439. The first kappa shape index (κ1) is 13.8. The van der Waals surface area contributed by atoms with E-state index >= 15 is 0 Å². The van der Waals surface area contributed by atoms with Gasteiger partial charge >= 0.3 is 5.97 Å². The molecule has 0 aromatic heterocycles. The van der Waals surface area contributed by atoms with Crippen LogP contribution in [0.3, 0.4) is 0 Å². The van der Waals surface area contributed by atoms with Gasteiger partial charge in [-0.05, 0) is 19.8 Å². The Balaban J connectivity index is 2.15. The van der Waals surface area contributed by atoms with Crippen LogP contribution < -0.4 is 0 Å². The molecule has 0 aliphatic heterocycles. The summed E-state index contributed by atoms with van der Waals surface area (Å²) in [6.07, 6.45) is 3.57. The summed E-state index contributed by atoms with van der Waals surface area (Å²) in [5, 5.41) is 0. The molecule has 3 nitrogen and oxygen atoms in total. The summed E-state index contributed by atoms with van der Waals surface area (Å²) >= 11 is 0. The molecule has 1 aromatic carbocycles. The van der Waals surface area contributed by atoms with Crippen molar-refractivity contribution in [3.05, 3.63) is 35.9 Å². The molecule has 0 N–H and O–H groups in total. The highest BCUT2D eigenvalue weighted by atomic mass is 16.5. The third-order valence-electron chi connectivity index (χ3n) is 3.75. The molecule has 0 unspecified atom stereocenters. The van der Waals surface area contributed by atoms with E-state index < -0.39 is 0 Å². The van der Waals surface area contributed by atoms with Crippen LogP contribution in [0.15, 0.2) is 30.3 Å². The fourth-order valence-corrected chi connectivity index (χ4v) is 2.79. The van der Waals surface area contributed by atoms with Gasteiger partial charge in [0.05, 0.1) is 12.5 Å². The first-order valence-corrected chi connectivity index (χ1v) is 7.00. The van der Waals surface area contributed by atoms with Gasteiger partial charge in [-0.15, -0.1) is 0 Å². The topological polar surface area (TPSA) is 43.4 Å². The van der Waals surface area contributed by atoms with Gasteiger partial charge in [-0.25, -0.2) is 0 Å². The number of ketones is 1. The molecule has 102 valence electrons. The minimum atomic E-state index is -0.263. The van der Waals surface area contributed by atoms with Gasteiger partial charge < -0.3 is 4.74 Å². The lowest BCUT2D eigenvalue weighted by Gasteiger charge is -2.28. The lowest BCUT2D eigenvalue weighted by atomic mass is 9.75. The van der Waals surface area contributed by atoms with Gasteiger partial charge in [0.2, 0.25) is 0 Å². The molecule has 0 radical (unpaired) electrons. The van der Waals surface area contributed by atoms with Gasteiger partial charge in [-0.3, -0.25) is 9.59 Å². The summed E-state index contributed by atoms with van der Waals surface area (Å²) < 4.78 is 5.11. The summed E-state index contributed by atoms with van der Waals surface area (Å²) in [6.45, 7) is 2.18. The molecule has 0 heterocycles. The number of rotatable bonds is 4. The Morgan fingerprint density at radius 3 is 2.37 bits per heavy atom. The lowest BCUT2D eigenvalue weighted by molar-refractivity contribution is -0.150. The molecule has 1 aliphatic rings. The summed E-state index contributed by atoms with van der Waals surface area (Å²) in [7, 11) is 0. The summed E-state index contributed by atoms with van der Waals surface area (Å²) in [5.74, 6) is -0.605. The van der Waals surface area contributed by atoms with E-state index in [9.17, 15) is 9.59 Å². The maximum Gasteiger partial charge on any atom is 0.309 e. The minimum absolute atomic E-state index is 0.0818. The molecule has 0 spiro atoms. The molecule has 2 atom stereocenters. The molecule has 19 heavy (non-hydrogen) atoms. The maximum absolute atomic E-state index is 12.5. The highest BCUT2D eigenvalue weighted by Gasteiger charge is 2.36. The third kappa shape index (κ3) is 3.22. The van der Waals surface area contributed by atoms with E-state index in [0.29, 0.717) is 12.2 Å². The summed E-state index contributed by atoms with van der Waals surface area (Å²) in [6, 6.07) is 9.24. The van der Waals surface area contributed by atoms with Crippen molar-refractivity contribution >= 4 is 11.8 Å². The van der Waals surface area contributed by atoms with Crippen LogP contribution in [-0.2, 0) is 9.53 Å². The van der Waals surface area contributed by atoms with Gasteiger partial charge in [0.1, 0.15) is 0 Å². The van der Waals surface area contributed by atoms with Crippen molar-refractivity contribution in [1.82, 2.24) is 0 Å². The van der Waals surface area contributed by atoms with Crippen LogP contribution >= 0.6 is 0 Å². The van der Waals surface area contributed by atoms with Gasteiger partial charge in [0.25, 0.3) is 0 Å². The third-order valence-corrected chi connectivity index (χ3v) is 3.75. The van der Waals surface area contributed by atoms with Crippen LogP contribution in [-0.4, -0.2) is 18.4 Å². The van der Waals surface area contributed by atoms with Crippen LogP contribution in [0.5, 0.6) is 0 Å². The highest BCUT2D eigenvalue weighted by Crippen LogP contribution is 2.33. The van der Waals surface area contributed by atoms with E-state index in [2.05, 4.69) is 0 Å². The Kier molecular flexibility index (Phi) is 4.72. The van der Waals surface area contributed by atoms with E-state index in [1.807, 2.05) is 30.3 Å². The van der Waals surface area contributed by atoms with Crippen molar-refractivity contribution in [2.75, 3.05) is 6.61 Å². The van der Waals surface area contributed by atoms with E-state index in [-0.39, 0.29) is 23.6 Å². The standard InChI is InChI=1S/C16H20O3/c1-2-19-16(18)14-11-7-6-10-13(14)15(17)12-8-4-3-5-9-12/h3-5,8-9,13-14H,2,6-7,10-11H2,1H3/t13-,14-/m0/s1. The number of ether oxygens (including phenoxy) is 1. The fourth-order valence-electron chi connectivity index (χ4n) is 2.79. The molecule has 1 aliphatic carbocycles. The molecule has 0 bridgehead atoms. The molecule has 1 saturated carbocycles. The normalized spacial score (nSPS) is 22.8. The van der Waals surface area contributed by atoms with Crippen molar-refractivity contribution in [3.63, 3.8) is 0 Å². The minimum Gasteiger partial charge on any atom is -0.466 e. The molecular weight excluding hydrogens is 240 g/mol. The Morgan fingerprint density at radius 1 is 1.11 bits per heavy atom. The number of carbonyl (C=O) groups excluding carboxylic acids is 2. The Hall–Kier alpha value is -1.64. The SMILES string of the molecule is CCOC(=O)[C@H]1CCCC[C@@H]1C(=O)c1ccccc1. The van der Waals surface area contributed by atoms with Gasteiger partial charge in [-0.2, -0.15) is 0 Å². The summed E-state index contributed by atoms with van der Waals surface area (Å²) in [4.78, 5) is 24.5. The molecule has 1 aromatic rings. The molecular formula is C16H20O3. The largest absolute Gasteiger partial charge is 0.466 e.